The van der Waals surface area contributed by atoms with Crippen molar-refractivity contribution in [3.8, 4) is 0 Å². The van der Waals surface area contributed by atoms with Crippen LogP contribution in [0.5, 0.6) is 0 Å². The van der Waals surface area contributed by atoms with E-state index in [0.29, 0.717) is 0 Å². The van der Waals surface area contributed by atoms with Gasteiger partial charge in [-0.3, -0.25) is 0 Å². The molecule has 0 nitrogen and oxygen atoms in total. The molecule has 0 spiro atoms. The maximum absolute atomic E-state index is 9.75. The minimum absolute atomic E-state index is 0.386. The Morgan fingerprint density at radius 2 is 1.26 bits per heavy atom. The summed E-state index contributed by atoms with van der Waals surface area (Å²) in [6.07, 6.45) is 0. The molecule has 6 heteroatoms. The fourth-order valence-corrected chi connectivity index (χ4v) is 5.59. The molecule has 0 N–H and O–H groups in total. The van der Waals surface area contributed by atoms with Crippen LogP contribution < -0.4 is 5.30 Å². The summed E-state index contributed by atoms with van der Waals surface area (Å²) >= 11 is 0. The van der Waals surface area contributed by atoms with Crippen LogP contribution in [-0.2, 0) is 0 Å². The lowest BCUT2D eigenvalue weighted by Crippen LogP contribution is -2.17. The smallest absolute Gasteiger partial charge is 0.418 e. The van der Waals surface area contributed by atoms with Crippen molar-refractivity contribution in [3.63, 3.8) is 0 Å². The van der Waals surface area contributed by atoms with Gasteiger partial charge in [0.1, 0.15) is 0 Å². The topological polar surface area (TPSA) is 0 Å². The zero-order chi connectivity index (χ0) is 15.2. The van der Waals surface area contributed by atoms with Crippen LogP contribution in [0.25, 0.3) is 0 Å². The molecule has 0 atom stereocenters. The molecule has 19 heavy (non-hydrogen) atoms. The molecule has 0 aromatic heterocycles. The van der Waals surface area contributed by atoms with E-state index < -0.39 is 7.25 Å². The highest BCUT2D eigenvalue weighted by Crippen LogP contribution is 2.45. The summed E-state index contributed by atoms with van der Waals surface area (Å²) in [6, 6.07) is 8.88. The van der Waals surface area contributed by atoms with Gasteiger partial charge >= 0.3 is 7.25 Å². The highest BCUT2D eigenvalue weighted by atomic mass is 31.1. The molecule has 1 aromatic rings. The molecule has 1 rings (SSSR count). The number of hydrogen-bond acceptors (Lipinski definition) is 0. The van der Waals surface area contributed by atoms with E-state index in [4.69, 9.17) is 0 Å². The molecule has 0 radical (unpaired) electrons. The van der Waals surface area contributed by atoms with Gasteiger partial charge in [-0.2, -0.15) is 0 Å². The van der Waals surface area contributed by atoms with Crippen molar-refractivity contribution in [3.05, 3.63) is 29.8 Å². The molecular formula is C13H22BF4P. The van der Waals surface area contributed by atoms with Crippen molar-refractivity contribution in [2.45, 2.75) is 45.9 Å². The molecule has 110 valence electrons. The Hall–Kier alpha value is -0.565. The second kappa shape index (κ2) is 7.89. The summed E-state index contributed by atoms with van der Waals surface area (Å²) in [4.78, 5) is 0. The van der Waals surface area contributed by atoms with E-state index in [2.05, 4.69) is 58.9 Å². The predicted octanol–water partition coefficient (Wildman–Crippen LogP) is 4.95. The quantitative estimate of drug-likeness (QED) is 0.420. The monoisotopic (exact) mass is 296 g/mol. The van der Waals surface area contributed by atoms with Crippen LogP contribution in [-0.4, -0.2) is 18.6 Å². The van der Waals surface area contributed by atoms with Crippen molar-refractivity contribution in [1.82, 2.24) is 0 Å². The molecular weight excluding hydrogens is 274 g/mol. The van der Waals surface area contributed by atoms with Gasteiger partial charge in [-0.1, -0.05) is 18.2 Å². The van der Waals surface area contributed by atoms with Crippen molar-refractivity contribution < 1.29 is 17.3 Å². The van der Waals surface area contributed by atoms with E-state index in [9.17, 15) is 17.3 Å². The Bertz CT molecular complexity index is 363. The second-order valence-electron chi connectivity index (χ2n) is 5.07. The Kier molecular flexibility index (Phi) is 7.65. The van der Waals surface area contributed by atoms with Gasteiger partial charge < -0.3 is 17.3 Å². The fourth-order valence-electron chi connectivity index (χ4n) is 2.19. The standard InChI is InChI=1S/C13H21P.BF4/c1-10(2)14(11(3)4)13-9-7-6-8-12(13)5;2-1(3,4)5/h6-11H,1-5H3;/q;-1/p+1. The van der Waals surface area contributed by atoms with E-state index in [1.807, 2.05) is 0 Å². The molecule has 0 saturated carbocycles. The van der Waals surface area contributed by atoms with Crippen LogP contribution in [0.15, 0.2) is 24.3 Å². The largest absolute Gasteiger partial charge is 0.673 e. The van der Waals surface area contributed by atoms with Gasteiger partial charge in [0, 0.05) is 7.92 Å². The van der Waals surface area contributed by atoms with Crippen LogP contribution in [0.2, 0.25) is 0 Å². The minimum atomic E-state index is -6.00. The average Bonchev–Trinajstić information content (AvgIpc) is 2.17. The Morgan fingerprint density at radius 3 is 1.58 bits per heavy atom. The summed E-state index contributed by atoms with van der Waals surface area (Å²) in [5.41, 5.74) is 3.12. The first-order valence-corrected chi connectivity index (χ1v) is 7.99. The summed E-state index contributed by atoms with van der Waals surface area (Å²) in [5.74, 6) is 0. The van der Waals surface area contributed by atoms with Crippen molar-refractivity contribution >= 4 is 20.5 Å². The van der Waals surface area contributed by atoms with Gasteiger partial charge in [0.05, 0.1) is 16.6 Å². The summed E-state index contributed by atoms with van der Waals surface area (Å²) in [7, 11) is -6.39. The first-order chi connectivity index (χ1) is 8.54. The Morgan fingerprint density at radius 1 is 0.895 bits per heavy atom. The SMILES string of the molecule is Cc1ccccc1[PH+](C(C)C)C(C)C.F[B-](F)(F)F. The van der Waals surface area contributed by atoms with Crippen LogP contribution in [0.1, 0.15) is 33.3 Å². The van der Waals surface area contributed by atoms with Crippen molar-refractivity contribution in [2.24, 2.45) is 0 Å². The van der Waals surface area contributed by atoms with Gasteiger partial charge in [-0.25, -0.2) is 0 Å². The van der Waals surface area contributed by atoms with Crippen molar-refractivity contribution in [1.29, 1.82) is 0 Å². The van der Waals surface area contributed by atoms with Gasteiger partial charge in [0.25, 0.3) is 0 Å². The molecule has 0 saturated heterocycles. The Labute approximate surface area is 114 Å². The maximum Gasteiger partial charge on any atom is 0.673 e. The lowest BCUT2D eigenvalue weighted by atomic mass is 10.2. The highest BCUT2D eigenvalue weighted by Gasteiger charge is 2.28. The third-order valence-corrected chi connectivity index (χ3v) is 6.37. The molecule has 0 bridgehead atoms. The molecule has 0 aliphatic heterocycles. The molecule has 0 aliphatic carbocycles. The Balaban J connectivity index is 0.000000555. The first kappa shape index (κ1) is 18.4. The van der Waals surface area contributed by atoms with E-state index in [0.717, 1.165) is 11.3 Å². The van der Waals surface area contributed by atoms with Crippen LogP contribution in [0, 0.1) is 6.92 Å². The molecule has 1 aromatic carbocycles. The molecule has 0 unspecified atom stereocenters. The summed E-state index contributed by atoms with van der Waals surface area (Å²) in [6.45, 7) is 11.7. The summed E-state index contributed by atoms with van der Waals surface area (Å²) < 4.78 is 39.0. The third-order valence-electron chi connectivity index (χ3n) is 2.70. The zero-order valence-corrected chi connectivity index (χ0v) is 13.1. The lowest BCUT2D eigenvalue weighted by molar-refractivity contribution is 0.368. The van der Waals surface area contributed by atoms with Gasteiger partial charge in [0.2, 0.25) is 0 Å². The third kappa shape index (κ3) is 8.25. The number of aryl methyl sites for hydroxylation is 1. The van der Waals surface area contributed by atoms with E-state index >= 15 is 0 Å². The van der Waals surface area contributed by atoms with Crippen LogP contribution in [0.4, 0.5) is 17.3 Å². The van der Waals surface area contributed by atoms with Crippen LogP contribution >= 0.6 is 7.92 Å². The molecule has 0 heterocycles. The predicted molar refractivity (Wildman–Crippen MR) is 79.6 cm³/mol. The lowest BCUT2D eigenvalue weighted by Gasteiger charge is -2.19. The minimum Gasteiger partial charge on any atom is -0.418 e. The first-order valence-electron chi connectivity index (χ1n) is 6.34. The molecule has 0 aliphatic rings. The van der Waals surface area contributed by atoms with E-state index in [-0.39, 0.29) is 7.92 Å². The number of halogens is 4. The second-order valence-corrected chi connectivity index (χ2v) is 8.83. The average molecular weight is 296 g/mol. The fraction of sp³-hybridized carbons (Fsp3) is 0.538. The molecule has 0 fully saturated rings. The normalized spacial score (nSPS) is 11.8. The van der Waals surface area contributed by atoms with Gasteiger partial charge in [-0.15, -0.1) is 0 Å². The molecule has 0 amide bonds. The van der Waals surface area contributed by atoms with Gasteiger partial charge in [-0.05, 0) is 46.2 Å². The number of benzene rings is 1. The van der Waals surface area contributed by atoms with E-state index in [1.165, 1.54) is 5.56 Å². The van der Waals surface area contributed by atoms with Crippen molar-refractivity contribution in [2.75, 3.05) is 0 Å². The number of rotatable bonds is 3. The van der Waals surface area contributed by atoms with Gasteiger partial charge in [0.15, 0.2) is 0 Å². The van der Waals surface area contributed by atoms with Crippen LogP contribution in [0.3, 0.4) is 0 Å². The zero-order valence-electron chi connectivity index (χ0n) is 12.1. The highest BCUT2D eigenvalue weighted by molar-refractivity contribution is 7.67. The number of hydrogen-bond donors (Lipinski definition) is 0. The van der Waals surface area contributed by atoms with E-state index in [1.54, 1.807) is 5.30 Å². The maximum atomic E-state index is 9.75. The summed E-state index contributed by atoms with van der Waals surface area (Å²) in [5, 5.41) is 1.63.